The molecule has 30 heavy (non-hydrogen) atoms. The van der Waals surface area contributed by atoms with E-state index in [9.17, 15) is 0 Å². The van der Waals surface area contributed by atoms with Crippen molar-refractivity contribution in [2.75, 3.05) is 56.5 Å². The molecule has 1 fully saturated rings. The number of nitrogens with zero attached hydrogens (tertiary/aromatic N) is 3. The Morgan fingerprint density at radius 1 is 1.03 bits per heavy atom. The topological polar surface area (TPSA) is 40.1 Å². The Bertz CT molecular complexity index is 948. The van der Waals surface area contributed by atoms with Crippen LogP contribution in [0.5, 0.6) is 0 Å². The SMILES string of the molecule is CN(C)c1ccc(N(C)C)c2c1CC1(CCOCC1)C(=NCc1cccc(Cl)c1)N2. The molecule has 1 spiro atoms. The quantitative estimate of drug-likeness (QED) is 0.759. The van der Waals surface area contributed by atoms with Gasteiger partial charge in [0.1, 0.15) is 5.84 Å². The zero-order valence-electron chi connectivity index (χ0n) is 18.3. The van der Waals surface area contributed by atoms with E-state index in [-0.39, 0.29) is 5.41 Å². The summed E-state index contributed by atoms with van der Waals surface area (Å²) in [5, 5.41) is 4.53. The molecule has 2 heterocycles. The van der Waals surface area contributed by atoms with Gasteiger partial charge >= 0.3 is 0 Å². The summed E-state index contributed by atoms with van der Waals surface area (Å²) >= 11 is 6.19. The molecule has 5 nitrogen and oxygen atoms in total. The van der Waals surface area contributed by atoms with E-state index in [1.54, 1.807) is 0 Å². The predicted molar refractivity (Wildman–Crippen MR) is 127 cm³/mol. The molecule has 2 aromatic carbocycles. The van der Waals surface area contributed by atoms with Gasteiger partial charge in [0.15, 0.2) is 0 Å². The summed E-state index contributed by atoms with van der Waals surface area (Å²) in [4.78, 5) is 9.48. The van der Waals surface area contributed by atoms with Gasteiger partial charge in [-0.1, -0.05) is 23.7 Å². The smallest absolute Gasteiger partial charge is 0.108 e. The molecule has 0 bridgehead atoms. The van der Waals surface area contributed by atoms with Crippen molar-refractivity contribution in [2.24, 2.45) is 10.4 Å². The lowest BCUT2D eigenvalue weighted by atomic mass is 9.71. The van der Waals surface area contributed by atoms with E-state index in [0.717, 1.165) is 48.9 Å². The molecule has 6 heteroatoms. The highest BCUT2D eigenvalue weighted by Crippen LogP contribution is 2.47. The van der Waals surface area contributed by atoms with Crippen LogP contribution in [0, 0.1) is 5.41 Å². The Hall–Kier alpha value is -2.24. The summed E-state index contributed by atoms with van der Waals surface area (Å²) in [7, 11) is 8.41. The zero-order chi connectivity index (χ0) is 21.3. The Balaban J connectivity index is 1.79. The highest BCUT2D eigenvalue weighted by Gasteiger charge is 2.43. The lowest BCUT2D eigenvalue weighted by Crippen LogP contribution is -2.46. The fourth-order valence-electron chi connectivity index (χ4n) is 4.60. The molecule has 2 aliphatic heterocycles. The highest BCUT2D eigenvalue weighted by atomic mass is 35.5. The second kappa shape index (κ2) is 8.48. The third-order valence-corrected chi connectivity index (χ3v) is 6.48. The molecule has 0 amide bonds. The van der Waals surface area contributed by atoms with Crippen LogP contribution < -0.4 is 15.1 Å². The van der Waals surface area contributed by atoms with Gasteiger partial charge in [0.05, 0.1) is 17.9 Å². The molecule has 1 saturated heterocycles. The van der Waals surface area contributed by atoms with Crippen LogP contribution in [-0.4, -0.2) is 47.2 Å². The van der Waals surface area contributed by atoms with Gasteiger partial charge in [-0.05, 0) is 49.1 Å². The first kappa shape index (κ1) is 21.0. The average Bonchev–Trinajstić information content (AvgIpc) is 2.72. The lowest BCUT2D eigenvalue weighted by molar-refractivity contribution is 0.0449. The van der Waals surface area contributed by atoms with Gasteiger partial charge in [0.2, 0.25) is 0 Å². The van der Waals surface area contributed by atoms with Gasteiger partial charge in [0.25, 0.3) is 0 Å². The van der Waals surface area contributed by atoms with Crippen LogP contribution in [0.4, 0.5) is 17.1 Å². The summed E-state index contributed by atoms with van der Waals surface area (Å²) in [6.45, 7) is 2.17. The van der Waals surface area contributed by atoms with Gasteiger partial charge in [-0.15, -0.1) is 0 Å². The number of amidine groups is 1. The molecular weight excluding hydrogens is 396 g/mol. The molecule has 2 aliphatic rings. The number of hydrogen-bond donors (Lipinski definition) is 1. The van der Waals surface area contributed by atoms with E-state index >= 15 is 0 Å². The van der Waals surface area contributed by atoms with Crippen molar-refractivity contribution in [2.45, 2.75) is 25.8 Å². The molecule has 0 atom stereocenters. The fraction of sp³-hybridized carbons (Fsp3) is 0.458. The standard InChI is InChI=1S/C24H31ClN4O/c1-28(2)20-8-9-21(29(3)4)22-19(20)15-24(10-12-30-13-11-24)23(27-22)26-16-17-6-5-7-18(25)14-17/h5-9,14H,10-13,15-16H2,1-4H3,(H,26,27). The van der Waals surface area contributed by atoms with E-state index < -0.39 is 0 Å². The van der Waals surface area contributed by atoms with Gasteiger partial charge in [0, 0.05) is 63.1 Å². The number of hydrogen-bond acceptors (Lipinski definition) is 4. The second-order valence-corrected chi connectivity index (χ2v) is 9.17. The fourth-order valence-corrected chi connectivity index (χ4v) is 4.81. The van der Waals surface area contributed by atoms with Crippen molar-refractivity contribution in [1.82, 2.24) is 0 Å². The number of ether oxygens (including phenoxy) is 1. The van der Waals surface area contributed by atoms with Crippen molar-refractivity contribution in [3.63, 3.8) is 0 Å². The number of rotatable bonds is 4. The minimum atomic E-state index is -0.0144. The van der Waals surface area contributed by atoms with Crippen molar-refractivity contribution >= 4 is 34.5 Å². The molecule has 0 aromatic heterocycles. The first-order valence-corrected chi connectivity index (χ1v) is 10.9. The van der Waals surface area contributed by atoms with Gasteiger partial charge < -0.3 is 19.9 Å². The zero-order valence-corrected chi connectivity index (χ0v) is 19.1. The normalized spacial score (nSPS) is 18.8. The van der Waals surface area contributed by atoms with Crippen molar-refractivity contribution in [1.29, 1.82) is 0 Å². The molecule has 0 radical (unpaired) electrons. The van der Waals surface area contributed by atoms with Crippen LogP contribution >= 0.6 is 11.6 Å². The lowest BCUT2D eigenvalue weighted by Gasteiger charge is -2.44. The largest absolute Gasteiger partial charge is 0.381 e. The number of nitrogens with one attached hydrogen (secondary N) is 1. The highest BCUT2D eigenvalue weighted by molar-refractivity contribution is 6.30. The first-order chi connectivity index (χ1) is 14.4. The molecule has 1 N–H and O–H groups in total. The third-order valence-electron chi connectivity index (χ3n) is 6.25. The van der Waals surface area contributed by atoms with Crippen molar-refractivity contribution in [3.8, 4) is 0 Å². The molecule has 160 valence electrons. The predicted octanol–water partition coefficient (Wildman–Crippen LogP) is 4.84. The Morgan fingerprint density at radius 3 is 2.40 bits per heavy atom. The van der Waals surface area contributed by atoms with E-state index in [0.29, 0.717) is 6.54 Å². The Kier molecular flexibility index (Phi) is 5.94. The maximum atomic E-state index is 6.19. The monoisotopic (exact) mass is 426 g/mol. The maximum Gasteiger partial charge on any atom is 0.108 e. The minimum Gasteiger partial charge on any atom is -0.381 e. The average molecular weight is 427 g/mol. The van der Waals surface area contributed by atoms with Gasteiger partial charge in [-0.2, -0.15) is 0 Å². The Morgan fingerprint density at radius 2 is 1.73 bits per heavy atom. The summed E-state index contributed by atoms with van der Waals surface area (Å²) in [5.74, 6) is 1.08. The van der Waals surface area contributed by atoms with Crippen molar-refractivity contribution in [3.05, 3.63) is 52.5 Å². The number of anilines is 3. The van der Waals surface area contributed by atoms with Crippen LogP contribution in [0.15, 0.2) is 41.4 Å². The van der Waals surface area contributed by atoms with E-state index in [1.807, 2.05) is 18.2 Å². The number of benzene rings is 2. The first-order valence-electron chi connectivity index (χ1n) is 10.5. The van der Waals surface area contributed by atoms with Gasteiger partial charge in [-0.3, -0.25) is 4.99 Å². The summed E-state index contributed by atoms with van der Waals surface area (Å²) in [6.07, 6.45) is 2.93. The number of halogens is 1. The molecular formula is C24H31ClN4O. The summed E-state index contributed by atoms with van der Waals surface area (Å²) < 4.78 is 5.73. The van der Waals surface area contributed by atoms with Crippen LogP contribution in [0.25, 0.3) is 0 Å². The minimum absolute atomic E-state index is 0.0144. The second-order valence-electron chi connectivity index (χ2n) is 8.74. The van der Waals surface area contributed by atoms with Crippen LogP contribution in [0.1, 0.15) is 24.0 Å². The van der Waals surface area contributed by atoms with E-state index in [2.05, 4.69) is 61.5 Å². The van der Waals surface area contributed by atoms with Crippen LogP contribution in [0.3, 0.4) is 0 Å². The number of aliphatic imine (C=N–C) groups is 1. The Labute approximate surface area is 184 Å². The number of fused-ring (bicyclic) bond motifs is 1. The molecule has 0 saturated carbocycles. The summed E-state index contributed by atoms with van der Waals surface area (Å²) in [6, 6.07) is 12.4. The summed E-state index contributed by atoms with van der Waals surface area (Å²) in [5.41, 5.74) is 6.11. The molecule has 0 aliphatic carbocycles. The third kappa shape index (κ3) is 4.01. The maximum absolute atomic E-state index is 6.19. The van der Waals surface area contributed by atoms with E-state index in [4.69, 9.17) is 21.3 Å². The molecule has 2 aromatic rings. The van der Waals surface area contributed by atoms with E-state index in [1.165, 1.54) is 22.6 Å². The molecule has 4 rings (SSSR count). The van der Waals surface area contributed by atoms with Crippen molar-refractivity contribution < 1.29 is 4.74 Å². The van der Waals surface area contributed by atoms with Gasteiger partial charge in [-0.25, -0.2) is 0 Å². The molecule has 0 unspecified atom stereocenters. The van der Waals surface area contributed by atoms with Crippen LogP contribution in [-0.2, 0) is 17.7 Å². The van der Waals surface area contributed by atoms with Crippen LogP contribution in [0.2, 0.25) is 5.02 Å².